The molecule has 0 spiro atoms. The molecule has 2 aliphatic rings. The van der Waals surface area contributed by atoms with Crippen LogP contribution in [0.4, 0.5) is 4.39 Å². The Bertz CT molecular complexity index is 1530. The second-order valence-electron chi connectivity index (χ2n) is 9.77. The zero-order valence-corrected chi connectivity index (χ0v) is 24.9. The number of aromatic carboxylic acids is 1. The maximum Gasteiger partial charge on any atom is 0.335 e. The van der Waals surface area contributed by atoms with Crippen LogP contribution in [0.25, 0.3) is 17.2 Å². The Morgan fingerprint density at radius 3 is 2.50 bits per heavy atom. The summed E-state index contributed by atoms with van der Waals surface area (Å²) in [6, 6.07) is 16.7. The highest BCUT2D eigenvalue weighted by Gasteiger charge is 2.32. The maximum atomic E-state index is 13.8. The Hall–Kier alpha value is -3.28. The van der Waals surface area contributed by atoms with E-state index in [0.717, 1.165) is 36.3 Å². The molecule has 5 rings (SSSR count). The number of rotatable bonds is 10. The van der Waals surface area contributed by atoms with E-state index in [9.17, 15) is 14.0 Å². The van der Waals surface area contributed by atoms with Crippen LogP contribution in [-0.4, -0.2) is 77.1 Å². The van der Waals surface area contributed by atoms with Crippen molar-refractivity contribution in [3.63, 3.8) is 0 Å². The number of thioether (sulfide) groups is 1. The molecule has 2 fully saturated rings. The molecule has 0 saturated carbocycles. The van der Waals surface area contributed by atoms with E-state index in [-0.39, 0.29) is 16.5 Å². The van der Waals surface area contributed by atoms with Crippen LogP contribution in [0, 0.1) is 5.82 Å². The number of amides is 1. The Labute approximate surface area is 257 Å². The molecule has 0 aromatic heterocycles. The molecule has 42 heavy (non-hydrogen) atoms. The van der Waals surface area contributed by atoms with Crippen molar-refractivity contribution in [3.8, 4) is 16.9 Å². The van der Waals surface area contributed by atoms with Gasteiger partial charge in [0.25, 0.3) is 5.91 Å². The summed E-state index contributed by atoms with van der Waals surface area (Å²) in [5, 5.41) is 9.14. The number of carbonyl (C=O) groups is 2. The number of benzene rings is 3. The molecular formula is C31H28ClFN2O5S2. The van der Waals surface area contributed by atoms with Gasteiger partial charge in [-0.25, -0.2) is 9.18 Å². The number of hydrogen-bond donors (Lipinski definition) is 1. The summed E-state index contributed by atoms with van der Waals surface area (Å²) < 4.78 is 25.9. The first-order chi connectivity index (χ1) is 20.3. The number of nitrogens with zero attached hydrogens (tertiary/aromatic N) is 2. The van der Waals surface area contributed by atoms with E-state index in [1.807, 2.05) is 18.2 Å². The predicted molar refractivity (Wildman–Crippen MR) is 167 cm³/mol. The average Bonchev–Trinajstić information content (AvgIpc) is 3.26. The van der Waals surface area contributed by atoms with E-state index >= 15 is 0 Å². The molecule has 11 heteroatoms. The van der Waals surface area contributed by atoms with Gasteiger partial charge in [-0.1, -0.05) is 59.8 Å². The topological polar surface area (TPSA) is 79.3 Å². The first kappa shape index (κ1) is 30.2. The fourth-order valence-corrected chi connectivity index (χ4v) is 6.13. The molecule has 0 unspecified atom stereocenters. The summed E-state index contributed by atoms with van der Waals surface area (Å²) in [6.45, 7) is 4.69. The van der Waals surface area contributed by atoms with E-state index in [4.69, 9.17) is 38.4 Å². The van der Waals surface area contributed by atoms with Crippen LogP contribution in [-0.2, 0) is 16.0 Å². The first-order valence-electron chi connectivity index (χ1n) is 13.4. The molecule has 2 heterocycles. The van der Waals surface area contributed by atoms with E-state index in [0.29, 0.717) is 53.3 Å². The highest BCUT2D eigenvalue weighted by atomic mass is 35.5. The molecule has 1 amide bonds. The highest BCUT2D eigenvalue weighted by Crippen LogP contribution is 2.36. The zero-order valence-electron chi connectivity index (χ0n) is 22.6. The Kier molecular flexibility index (Phi) is 9.91. The molecule has 7 nitrogen and oxygen atoms in total. The highest BCUT2D eigenvalue weighted by molar-refractivity contribution is 8.26. The standard InChI is InChI=1S/C31H28ClFN2O5S2/c32-25-18-23(5-7-26(25)33)22-6-8-27(40-16-13-34-11-14-39-15-12-34)24(17-22)19-28-29(36)35(31(41)42-28)10-9-20-1-3-21(4-2-20)30(37)38/h1-8,17-19H,9-16H2,(H,37,38)/b28-19-. The van der Waals surface area contributed by atoms with Crippen LogP contribution in [0.1, 0.15) is 21.5 Å². The van der Waals surface area contributed by atoms with Crippen molar-refractivity contribution in [2.24, 2.45) is 0 Å². The van der Waals surface area contributed by atoms with Crippen molar-refractivity contribution < 1.29 is 28.6 Å². The number of carbonyl (C=O) groups excluding carboxylic acids is 1. The molecular weight excluding hydrogens is 599 g/mol. The van der Waals surface area contributed by atoms with Crippen LogP contribution >= 0.6 is 35.6 Å². The van der Waals surface area contributed by atoms with Crippen LogP contribution in [0.5, 0.6) is 5.75 Å². The number of halogens is 2. The first-order valence-corrected chi connectivity index (χ1v) is 15.0. The monoisotopic (exact) mass is 626 g/mol. The number of thiocarbonyl (C=S) groups is 1. The van der Waals surface area contributed by atoms with E-state index in [1.165, 1.54) is 17.8 Å². The predicted octanol–water partition coefficient (Wildman–Crippen LogP) is 6.00. The molecule has 0 atom stereocenters. The maximum absolute atomic E-state index is 13.8. The summed E-state index contributed by atoms with van der Waals surface area (Å²) in [6.07, 6.45) is 2.30. The minimum Gasteiger partial charge on any atom is -0.492 e. The summed E-state index contributed by atoms with van der Waals surface area (Å²) >= 11 is 12.8. The lowest BCUT2D eigenvalue weighted by Gasteiger charge is -2.26. The number of hydrogen-bond acceptors (Lipinski definition) is 7. The largest absolute Gasteiger partial charge is 0.492 e. The van der Waals surface area contributed by atoms with E-state index < -0.39 is 11.8 Å². The van der Waals surface area contributed by atoms with Crippen LogP contribution in [0.2, 0.25) is 5.02 Å². The number of carboxylic acid groups (broad SMARTS) is 1. The smallest absolute Gasteiger partial charge is 0.335 e. The van der Waals surface area contributed by atoms with Gasteiger partial charge < -0.3 is 14.6 Å². The van der Waals surface area contributed by atoms with Crippen LogP contribution in [0.15, 0.2) is 65.6 Å². The van der Waals surface area contributed by atoms with Gasteiger partial charge >= 0.3 is 5.97 Å². The molecule has 218 valence electrons. The average molecular weight is 627 g/mol. The fraction of sp³-hybridized carbons (Fsp3) is 0.258. The Balaban J connectivity index is 1.35. The van der Waals surface area contributed by atoms with Crippen molar-refractivity contribution >= 4 is 57.9 Å². The fourth-order valence-electron chi connectivity index (χ4n) is 4.65. The van der Waals surface area contributed by atoms with Gasteiger partial charge in [0.2, 0.25) is 0 Å². The lowest BCUT2D eigenvalue weighted by Crippen LogP contribution is -2.38. The number of ether oxygens (including phenoxy) is 2. The van der Waals surface area contributed by atoms with Gasteiger partial charge in [-0.15, -0.1) is 0 Å². The second-order valence-corrected chi connectivity index (χ2v) is 11.9. The van der Waals surface area contributed by atoms with Gasteiger partial charge in [0.15, 0.2) is 0 Å². The molecule has 3 aromatic carbocycles. The zero-order chi connectivity index (χ0) is 29.6. The SMILES string of the molecule is O=C(O)c1ccc(CCN2C(=O)/C(=C/c3cc(-c4ccc(F)c(Cl)c4)ccc3OCCN3CCOCC3)SC2=S)cc1. The van der Waals surface area contributed by atoms with Gasteiger partial charge in [0, 0.05) is 31.7 Å². The van der Waals surface area contributed by atoms with Crippen molar-refractivity contribution in [1.29, 1.82) is 0 Å². The van der Waals surface area contributed by atoms with Crippen LogP contribution in [0.3, 0.4) is 0 Å². The Morgan fingerprint density at radius 1 is 1.07 bits per heavy atom. The lowest BCUT2D eigenvalue weighted by atomic mass is 10.0. The number of carboxylic acids is 1. The molecule has 0 bridgehead atoms. The van der Waals surface area contributed by atoms with E-state index in [2.05, 4.69) is 4.90 Å². The molecule has 0 radical (unpaired) electrons. The Morgan fingerprint density at radius 2 is 1.79 bits per heavy atom. The van der Waals surface area contributed by atoms with Crippen LogP contribution < -0.4 is 4.74 Å². The van der Waals surface area contributed by atoms with Gasteiger partial charge in [-0.05, 0) is 65.6 Å². The third-order valence-electron chi connectivity index (χ3n) is 7.02. The summed E-state index contributed by atoms with van der Waals surface area (Å²) in [7, 11) is 0. The summed E-state index contributed by atoms with van der Waals surface area (Å²) in [5.74, 6) is -1.07. The second kappa shape index (κ2) is 13.8. The van der Waals surface area contributed by atoms with Crippen molar-refractivity contribution in [1.82, 2.24) is 9.80 Å². The van der Waals surface area contributed by atoms with Gasteiger partial charge in [0.05, 0.1) is 28.7 Å². The van der Waals surface area contributed by atoms with E-state index in [1.54, 1.807) is 47.4 Å². The number of morpholine rings is 1. The lowest BCUT2D eigenvalue weighted by molar-refractivity contribution is -0.122. The van der Waals surface area contributed by atoms with Gasteiger partial charge in [-0.2, -0.15) is 0 Å². The summed E-state index contributed by atoms with van der Waals surface area (Å²) in [4.78, 5) is 28.8. The van der Waals surface area contributed by atoms with Crippen molar-refractivity contribution in [2.45, 2.75) is 6.42 Å². The minimum absolute atomic E-state index is 0.0263. The molecule has 1 N–H and O–H groups in total. The molecule has 3 aromatic rings. The molecule has 0 aliphatic carbocycles. The van der Waals surface area contributed by atoms with Gasteiger partial charge in [-0.3, -0.25) is 14.6 Å². The van der Waals surface area contributed by atoms with Crippen molar-refractivity contribution in [3.05, 3.63) is 93.1 Å². The third-order valence-corrected chi connectivity index (χ3v) is 8.68. The van der Waals surface area contributed by atoms with Gasteiger partial charge in [0.1, 0.15) is 22.5 Å². The molecule has 2 saturated heterocycles. The molecule has 2 aliphatic heterocycles. The normalized spacial score (nSPS) is 16.8. The third kappa shape index (κ3) is 7.37. The quantitative estimate of drug-likeness (QED) is 0.217. The minimum atomic E-state index is -0.986. The summed E-state index contributed by atoms with van der Waals surface area (Å²) in [5.41, 5.74) is 3.33. The van der Waals surface area contributed by atoms with Crippen molar-refractivity contribution in [2.75, 3.05) is 46.0 Å².